The lowest BCUT2D eigenvalue weighted by atomic mass is 10.3. The van der Waals surface area contributed by atoms with Gasteiger partial charge < -0.3 is 4.90 Å². The van der Waals surface area contributed by atoms with Crippen molar-refractivity contribution in [2.24, 2.45) is 0 Å². The first kappa shape index (κ1) is 9.75. The molecule has 0 aromatic carbocycles. The monoisotopic (exact) mass is 194 g/mol. The Morgan fingerprint density at radius 2 is 2.54 bits per heavy atom. The maximum absolute atomic E-state index is 11.6. The van der Waals surface area contributed by atoms with Gasteiger partial charge in [-0.25, -0.2) is 0 Å². The van der Waals surface area contributed by atoms with Gasteiger partial charge in [0.05, 0.1) is 11.6 Å². The summed E-state index contributed by atoms with van der Waals surface area (Å²) in [4.78, 5) is 13.1. The maximum atomic E-state index is 11.6. The third kappa shape index (κ3) is 2.30. The van der Waals surface area contributed by atoms with Gasteiger partial charge in [0.1, 0.15) is 6.54 Å². The van der Waals surface area contributed by atoms with E-state index < -0.39 is 0 Å². The summed E-state index contributed by atoms with van der Waals surface area (Å²) >= 11 is 1.48. The minimum absolute atomic E-state index is 0.0645. The topological polar surface area (TPSA) is 44.1 Å². The molecule has 1 heterocycles. The van der Waals surface area contributed by atoms with E-state index in [2.05, 4.69) is 0 Å². The average molecular weight is 194 g/mol. The second-order valence-electron chi connectivity index (χ2n) is 2.49. The lowest BCUT2D eigenvalue weighted by molar-refractivity contribution is 0.0785. The van der Waals surface area contributed by atoms with Gasteiger partial charge >= 0.3 is 0 Å². The van der Waals surface area contributed by atoms with Gasteiger partial charge in [-0.05, 0) is 18.4 Å². The molecule has 0 bridgehead atoms. The van der Waals surface area contributed by atoms with E-state index in [1.165, 1.54) is 16.2 Å². The molecule has 0 radical (unpaired) electrons. The second kappa shape index (κ2) is 4.63. The van der Waals surface area contributed by atoms with Gasteiger partial charge in [0.2, 0.25) is 0 Å². The van der Waals surface area contributed by atoms with Crippen molar-refractivity contribution in [3.8, 4) is 6.07 Å². The summed E-state index contributed by atoms with van der Waals surface area (Å²) in [6, 6.07) is 3.74. The van der Waals surface area contributed by atoms with E-state index in [4.69, 9.17) is 5.26 Å². The van der Waals surface area contributed by atoms with E-state index in [-0.39, 0.29) is 12.5 Å². The molecule has 0 unspecified atom stereocenters. The molecule has 68 valence electrons. The summed E-state index contributed by atoms with van der Waals surface area (Å²) < 4.78 is 0. The predicted molar refractivity (Wildman–Crippen MR) is 51.5 cm³/mol. The third-order valence-electron chi connectivity index (χ3n) is 1.70. The van der Waals surface area contributed by atoms with Crippen molar-refractivity contribution in [3.63, 3.8) is 0 Å². The van der Waals surface area contributed by atoms with Crippen molar-refractivity contribution in [2.75, 3.05) is 13.1 Å². The summed E-state index contributed by atoms with van der Waals surface area (Å²) in [5.74, 6) is -0.0645. The molecule has 3 nitrogen and oxygen atoms in total. The number of nitriles is 1. The number of carbonyl (C=O) groups is 1. The fraction of sp³-hybridized carbons (Fsp3) is 0.333. The number of nitrogens with zero attached hydrogens (tertiary/aromatic N) is 2. The molecule has 1 rings (SSSR count). The van der Waals surface area contributed by atoms with Crippen LogP contribution in [-0.4, -0.2) is 23.9 Å². The van der Waals surface area contributed by atoms with Crippen molar-refractivity contribution >= 4 is 17.2 Å². The fourth-order valence-electron chi connectivity index (χ4n) is 0.981. The molecule has 0 saturated heterocycles. The van der Waals surface area contributed by atoms with Crippen LogP contribution in [0.25, 0.3) is 0 Å². The summed E-state index contributed by atoms with van der Waals surface area (Å²) in [6.07, 6.45) is 0. The highest BCUT2D eigenvalue weighted by Crippen LogP contribution is 2.08. The van der Waals surface area contributed by atoms with Crippen molar-refractivity contribution in [1.82, 2.24) is 4.90 Å². The number of hydrogen-bond acceptors (Lipinski definition) is 3. The van der Waals surface area contributed by atoms with Gasteiger partial charge in [0.15, 0.2) is 0 Å². The molecule has 0 fully saturated rings. The summed E-state index contributed by atoms with van der Waals surface area (Å²) in [7, 11) is 0. The Bertz CT molecular complexity index is 313. The summed E-state index contributed by atoms with van der Waals surface area (Å²) in [6.45, 7) is 2.59. The highest BCUT2D eigenvalue weighted by molar-refractivity contribution is 7.08. The number of rotatable bonds is 3. The van der Waals surface area contributed by atoms with E-state index >= 15 is 0 Å². The lowest BCUT2D eigenvalue weighted by Crippen LogP contribution is -2.30. The average Bonchev–Trinajstić information content (AvgIpc) is 2.65. The predicted octanol–water partition coefficient (Wildman–Crippen LogP) is 1.73. The van der Waals surface area contributed by atoms with E-state index in [9.17, 15) is 4.79 Å². The fourth-order valence-corrected chi connectivity index (χ4v) is 1.61. The lowest BCUT2D eigenvalue weighted by Gasteiger charge is -2.15. The molecule has 1 amide bonds. The molecule has 0 saturated carbocycles. The molecular weight excluding hydrogens is 184 g/mol. The normalized spacial score (nSPS) is 9.23. The van der Waals surface area contributed by atoms with Crippen molar-refractivity contribution in [1.29, 1.82) is 5.26 Å². The van der Waals surface area contributed by atoms with Crippen LogP contribution in [0.2, 0.25) is 0 Å². The van der Waals surface area contributed by atoms with Gasteiger partial charge in [-0.1, -0.05) is 0 Å². The second-order valence-corrected chi connectivity index (χ2v) is 3.27. The zero-order chi connectivity index (χ0) is 9.68. The first-order valence-electron chi connectivity index (χ1n) is 3.98. The Hall–Kier alpha value is -1.34. The molecular formula is C9H10N2OS. The highest BCUT2D eigenvalue weighted by Gasteiger charge is 2.13. The smallest absolute Gasteiger partial charge is 0.255 e. The van der Waals surface area contributed by atoms with E-state index in [0.29, 0.717) is 12.1 Å². The molecule has 1 aromatic heterocycles. The highest BCUT2D eigenvalue weighted by atomic mass is 32.1. The largest absolute Gasteiger partial charge is 0.326 e. The first-order chi connectivity index (χ1) is 6.29. The third-order valence-corrected chi connectivity index (χ3v) is 2.38. The Labute approximate surface area is 81.2 Å². The minimum atomic E-state index is -0.0645. The SMILES string of the molecule is CCN(CC#N)C(=O)c1ccsc1. The zero-order valence-electron chi connectivity index (χ0n) is 7.36. The number of carbonyl (C=O) groups excluding carboxylic acids is 1. The molecule has 13 heavy (non-hydrogen) atoms. The Balaban J connectivity index is 2.72. The van der Waals surface area contributed by atoms with Gasteiger partial charge in [0.25, 0.3) is 5.91 Å². The van der Waals surface area contributed by atoms with Crippen LogP contribution in [-0.2, 0) is 0 Å². The van der Waals surface area contributed by atoms with Crippen molar-refractivity contribution in [2.45, 2.75) is 6.92 Å². The Morgan fingerprint density at radius 3 is 3.00 bits per heavy atom. The van der Waals surface area contributed by atoms with Gasteiger partial charge in [-0.3, -0.25) is 4.79 Å². The number of thiophene rings is 1. The maximum Gasteiger partial charge on any atom is 0.255 e. The summed E-state index contributed by atoms with van der Waals surface area (Å²) in [5, 5.41) is 12.1. The number of amides is 1. The van der Waals surface area contributed by atoms with Crippen LogP contribution >= 0.6 is 11.3 Å². The van der Waals surface area contributed by atoms with Crippen LogP contribution in [0.3, 0.4) is 0 Å². The van der Waals surface area contributed by atoms with Crippen LogP contribution in [0.4, 0.5) is 0 Å². The van der Waals surface area contributed by atoms with Gasteiger partial charge in [-0.15, -0.1) is 0 Å². The zero-order valence-corrected chi connectivity index (χ0v) is 8.17. The minimum Gasteiger partial charge on any atom is -0.326 e. The van der Waals surface area contributed by atoms with E-state index in [1.54, 1.807) is 11.4 Å². The molecule has 0 spiro atoms. The van der Waals surface area contributed by atoms with Gasteiger partial charge in [-0.2, -0.15) is 16.6 Å². The molecule has 0 atom stereocenters. The molecule has 0 aliphatic carbocycles. The van der Waals surface area contributed by atoms with Crippen molar-refractivity contribution in [3.05, 3.63) is 22.4 Å². The van der Waals surface area contributed by atoms with Crippen LogP contribution in [0.1, 0.15) is 17.3 Å². The van der Waals surface area contributed by atoms with E-state index in [1.807, 2.05) is 18.4 Å². The summed E-state index contributed by atoms with van der Waals surface area (Å²) in [5.41, 5.74) is 0.669. The van der Waals surface area contributed by atoms with Crippen LogP contribution in [0.5, 0.6) is 0 Å². The first-order valence-corrected chi connectivity index (χ1v) is 4.92. The van der Waals surface area contributed by atoms with E-state index in [0.717, 1.165) is 0 Å². The Morgan fingerprint density at radius 1 is 1.77 bits per heavy atom. The molecule has 4 heteroatoms. The Kier molecular flexibility index (Phi) is 3.47. The molecule has 0 N–H and O–H groups in total. The number of hydrogen-bond donors (Lipinski definition) is 0. The molecule has 1 aromatic rings. The standard InChI is InChI=1S/C9H10N2OS/c1-2-11(5-4-10)9(12)8-3-6-13-7-8/h3,6-7H,2,5H2,1H3. The van der Waals surface area contributed by atoms with Crippen LogP contribution in [0.15, 0.2) is 16.8 Å². The van der Waals surface area contributed by atoms with Crippen LogP contribution in [0, 0.1) is 11.3 Å². The quantitative estimate of drug-likeness (QED) is 0.688. The van der Waals surface area contributed by atoms with Gasteiger partial charge in [0, 0.05) is 11.9 Å². The van der Waals surface area contributed by atoms with Crippen molar-refractivity contribution < 1.29 is 4.79 Å². The molecule has 0 aliphatic heterocycles. The molecule has 0 aliphatic rings. The van der Waals surface area contributed by atoms with Crippen LogP contribution < -0.4 is 0 Å².